The zero-order valence-electron chi connectivity index (χ0n) is 11.2. The quantitative estimate of drug-likeness (QED) is 0.606. The summed E-state index contributed by atoms with van der Waals surface area (Å²) in [6, 6.07) is 0.271. The molecule has 2 unspecified atom stereocenters. The second-order valence-corrected chi connectivity index (χ2v) is 6.20. The summed E-state index contributed by atoms with van der Waals surface area (Å²) < 4.78 is 0. The van der Waals surface area contributed by atoms with Gasteiger partial charge in [-0.3, -0.25) is 4.79 Å². The monoisotopic (exact) mass is 303 g/mol. The Labute approximate surface area is 114 Å². The van der Waals surface area contributed by atoms with Gasteiger partial charge in [0.25, 0.3) is 0 Å². The van der Waals surface area contributed by atoms with Gasteiger partial charge in [0, 0.05) is 17.8 Å². The third-order valence-corrected chi connectivity index (χ3v) is 4.96. The van der Waals surface area contributed by atoms with Gasteiger partial charge in [-0.05, 0) is 31.6 Å². The van der Waals surface area contributed by atoms with Crippen molar-refractivity contribution in [2.24, 2.45) is 11.8 Å². The SMILES string of the molecule is CC(CBr)C(C)NC(=O)CC1CCCCCC1. The molecular formula is C14H26BrNO. The molecule has 1 saturated carbocycles. The predicted molar refractivity (Wildman–Crippen MR) is 76.4 cm³/mol. The molecule has 2 atom stereocenters. The summed E-state index contributed by atoms with van der Waals surface area (Å²) in [6.45, 7) is 4.25. The number of carbonyl (C=O) groups excluding carboxylic acids is 1. The molecule has 17 heavy (non-hydrogen) atoms. The fourth-order valence-corrected chi connectivity index (χ4v) is 2.98. The van der Waals surface area contributed by atoms with Gasteiger partial charge in [-0.2, -0.15) is 0 Å². The van der Waals surface area contributed by atoms with Gasteiger partial charge >= 0.3 is 0 Å². The Kier molecular flexibility index (Phi) is 7.17. The molecule has 0 heterocycles. The maximum absolute atomic E-state index is 11.9. The summed E-state index contributed by atoms with van der Waals surface area (Å²) in [5, 5.41) is 4.07. The molecule has 2 nitrogen and oxygen atoms in total. The highest BCUT2D eigenvalue weighted by molar-refractivity contribution is 9.09. The topological polar surface area (TPSA) is 29.1 Å². The molecule has 0 spiro atoms. The van der Waals surface area contributed by atoms with Crippen LogP contribution in [0.5, 0.6) is 0 Å². The van der Waals surface area contributed by atoms with E-state index in [1.807, 2.05) is 0 Å². The van der Waals surface area contributed by atoms with Crippen molar-refractivity contribution >= 4 is 21.8 Å². The highest BCUT2D eigenvalue weighted by Crippen LogP contribution is 2.25. The van der Waals surface area contributed by atoms with Crippen LogP contribution in [-0.4, -0.2) is 17.3 Å². The van der Waals surface area contributed by atoms with E-state index in [1.165, 1.54) is 38.5 Å². The lowest BCUT2D eigenvalue weighted by molar-refractivity contribution is -0.123. The van der Waals surface area contributed by atoms with E-state index in [-0.39, 0.29) is 11.9 Å². The number of amides is 1. The van der Waals surface area contributed by atoms with Crippen LogP contribution in [0.25, 0.3) is 0 Å². The minimum absolute atomic E-state index is 0.247. The Balaban J connectivity index is 2.27. The van der Waals surface area contributed by atoms with E-state index in [2.05, 4.69) is 35.1 Å². The summed E-state index contributed by atoms with van der Waals surface area (Å²) in [6.07, 6.45) is 8.56. The third kappa shape index (κ3) is 5.89. The first kappa shape index (κ1) is 15.0. The highest BCUT2D eigenvalue weighted by Gasteiger charge is 2.18. The first-order valence-corrected chi connectivity index (χ1v) is 8.11. The number of carbonyl (C=O) groups is 1. The van der Waals surface area contributed by atoms with Gasteiger partial charge in [-0.15, -0.1) is 0 Å². The van der Waals surface area contributed by atoms with Gasteiger partial charge in [-0.25, -0.2) is 0 Å². The average Bonchev–Trinajstić information content (AvgIpc) is 2.56. The summed E-state index contributed by atoms with van der Waals surface area (Å²) in [5.41, 5.74) is 0. The number of halogens is 1. The van der Waals surface area contributed by atoms with E-state index in [4.69, 9.17) is 0 Å². The van der Waals surface area contributed by atoms with Gasteiger partial charge in [0.1, 0.15) is 0 Å². The lowest BCUT2D eigenvalue weighted by Gasteiger charge is -2.21. The van der Waals surface area contributed by atoms with E-state index in [1.54, 1.807) is 0 Å². The first-order chi connectivity index (χ1) is 8.13. The van der Waals surface area contributed by atoms with Crippen molar-refractivity contribution in [3.63, 3.8) is 0 Å². The molecule has 0 radical (unpaired) electrons. The smallest absolute Gasteiger partial charge is 0.220 e. The van der Waals surface area contributed by atoms with Gasteiger partial charge in [0.2, 0.25) is 5.91 Å². The molecule has 0 saturated heterocycles. The average molecular weight is 304 g/mol. The van der Waals surface area contributed by atoms with E-state index >= 15 is 0 Å². The molecule has 1 N–H and O–H groups in total. The van der Waals surface area contributed by atoms with Gasteiger partial charge in [0.15, 0.2) is 0 Å². The third-order valence-electron chi connectivity index (χ3n) is 3.93. The van der Waals surface area contributed by atoms with Gasteiger partial charge in [0.05, 0.1) is 0 Å². The molecule has 3 heteroatoms. The molecule has 1 rings (SSSR count). The van der Waals surface area contributed by atoms with Crippen molar-refractivity contribution in [3.05, 3.63) is 0 Å². The number of hydrogen-bond donors (Lipinski definition) is 1. The largest absolute Gasteiger partial charge is 0.353 e. The van der Waals surface area contributed by atoms with E-state index in [9.17, 15) is 4.79 Å². The molecule has 1 aliphatic rings. The maximum atomic E-state index is 11.9. The molecule has 0 aromatic rings. The second-order valence-electron chi connectivity index (χ2n) is 5.55. The fourth-order valence-electron chi connectivity index (χ4n) is 2.42. The van der Waals surface area contributed by atoms with Crippen LogP contribution in [0, 0.1) is 11.8 Å². The number of alkyl halides is 1. The van der Waals surface area contributed by atoms with Crippen molar-refractivity contribution in [1.29, 1.82) is 0 Å². The van der Waals surface area contributed by atoms with E-state index in [0.717, 1.165) is 11.8 Å². The highest BCUT2D eigenvalue weighted by atomic mass is 79.9. The van der Waals surface area contributed by atoms with Crippen molar-refractivity contribution in [2.75, 3.05) is 5.33 Å². The summed E-state index contributed by atoms with van der Waals surface area (Å²) in [5.74, 6) is 1.37. The molecule has 1 aliphatic carbocycles. The van der Waals surface area contributed by atoms with E-state index in [0.29, 0.717) is 11.8 Å². The summed E-state index contributed by atoms with van der Waals surface area (Å²) in [4.78, 5) is 11.9. The molecule has 0 bridgehead atoms. The van der Waals surface area contributed by atoms with Crippen LogP contribution in [0.4, 0.5) is 0 Å². The summed E-state index contributed by atoms with van der Waals surface area (Å²) in [7, 11) is 0. The number of nitrogens with one attached hydrogen (secondary N) is 1. The second kappa shape index (κ2) is 8.12. The lowest BCUT2D eigenvalue weighted by atomic mass is 9.96. The predicted octanol–water partition coefficient (Wildman–Crippen LogP) is 3.88. The van der Waals surface area contributed by atoms with Crippen molar-refractivity contribution < 1.29 is 4.79 Å². The van der Waals surface area contributed by atoms with Gasteiger partial charge < -0.3 is 5.32 Å². The molecule has 0 aliphatic heterocycles. The lowest BCUT2D eigenvalue weighted by Crippen LogP contribution is -2.38. The zero-order valence-corrected chi connectivity index (χ0v) is 12.8. The van der Waals surface area contributed by atoms with Gasteiger partial charge in [-0.1, -0.05) is 48.5 Å². The Hall–Kier alpha value is -0.0500. The molecule has 0 aromatic heterocycles. The van der Waals surface area contributed by atoms with Crippen LogP contribution >= 0.6 is 15.9 Å². The molecule has 1 fully saturated rings. The van der Waals surface area contributed by atoms with Crippen LogP contribution in [0.3, 0.4) is 0 Å². The Morgan fingerprint density at radius 2 is 1.82 bits per heavy atom. The van der Waals surface area contributed by atoms with Crippen LogP contribution in [0.15, 0.2) is 0 Å². The maximum Gasteiger partial charge on any atom is 0.220 e. The Morgan fingerprint density at radius 3 is 2.35 bits per heavy atom. The molecule has 0 aromatic carbocycles. The zero-order chi connectivity index (χ0) is 12.7. The normalized spacial score (nSPS) is 21.6. The first-order valence-electron chi connectivity index (χ1n) is 6.98. The van der Waals surface area contributed by atoms with Crippen LogP contribution < -0.4 is 5.32 Å². The number of hydrogen-bond acceptors (Lipinski definition) is 1. The van der Waals surface area contributed by atoms with Crippen LogP contribution in [0.2, 0.25) is 0 Å². The standard InChI is InChI=1S/C14H26BrNO/c1-11(10-15)12(2)16-14(17)9-13-7-5-3-4-6-8-13/h11-13H,3-10H2,1-2H3,(H,16,17). The Bertz CT molecular complexity index is 224. The fraction of sp³-hybridized carbons (Fsp3) is 0.929. The van der Waals surface area contributed by atoms with Crippen molar-refractivity contribution in [3.8, 4) is 0 Å². The van der Waals surface area contributed by atoms with Crippen LogP contribution in [0.1, 0.15) is 58.8 Å². The van der Waals surface area contributed by atoms with Crippen molar-refractivity contribution in [1.82, 2.24) is 5.32 Å². The molecule has 100 valence electrons. The minimum Gasteiger partial charge on any atom is -0.353 e. The minimum atomic E-state index is 0.247. The molecular weight excluding hydrogens is 278 g/mol. The van der Waals surface area contributed by atoms with Crippen LogP contribution in [-0.2, 0) is 4.79 Å². The number of rotatable bonds is 5. The molecule has 1 amide bonds. The Morgan fingerprint density at radius 1 is 1.24 bits per heavy atom. The van der Waals surface area contributed by atoms with E-state index < -0.39 is 0 Å². The summed E-state index contributed by atoms with van der Waals surface area (Å²) >= 11 is 3.46. The van der Waals surface area contributed by atoms with Crippen molar-refractivity contribution in [2.45, 2.75) is 64.8 Å².